The average molecular weight is 208 g/mol. The molecule has 15 heavy (non-hydrogen) atoms. The van der Waals surface area contributed by atoms with Gasteiger partial charge in [0.1, 0.15) is 5.82 Å². The van der Waals surface area contributed by atoms with Crippen LogP contribution in [0.1, 0.15) is 26.1 Å². The minimum atomic E-state index is -0.0746. The maximum absolute atomic E-state index is 6.17. The molecule has 0 saturated carbocycles. The molecule has 0 spiro atoms. The van der Waals surface area contributed by atoms with Crippen LogP contribution in [0.2, 0.25) is 0 Å². The number of rotatable bonds is 3. The molecule has 2 N–H and O–H groups in total. The van der Waals surface area contributed by atoms with Crippen LogP contribution in [0.4, 0.5) is 0 Å². The van der Waals surface area contributed by atoms with Gasteiger partial charge >= 0.3 is 0 Å². The minimum absolute atomic E-state index is 0.0746. The number of nitrogens with zero attached hydrogens (tertiary/aromatic N) is 3. The summed E-state index contributed by atoms with van der Waals surface area (Å²) in [4.78, 5) is 6.74. The SMILES string of the molecule is CCC(C)(N)CN1CCn2ccnc2C1. The number of imidazole rings is 1. The Kier molecular flexibility index (Phi) is 2.80. The first kappa shape index (κ1) is 10.6. The molecule has 1 aliphatic rings. The summed E-state index contributed by atoms with van der Waals surface area (Å²) in [6.45, 7) is 8.26. The topological polar surface area (TPSA) is 47.1 Å². The zero-order chi connectivity index (χ0) is 10.9. The van der Waals surface area contributed by atoms with Gasteiger partial charge in [0.2, 0.25) is 0 Å². The van der Waals surface area contributed by atoms with E-state index in [0.717, 1.165) is 38.4 Å². The molecular weight excluding hydrogens is 188 g/mol. The van der Waals surface area contributed by atoms with Crippen molar-refractivity contribution in [1.29, 1.82) is 0 Å². The standard InChI is InChI=1S/C11H20N4/c1-3-11(2,12)9-14-6-7-15-5-4-13-10(15)8-14/h4-5H,3,6-9,12H2,1-2H3. The molecular formula is C11H20N4. The lowest BCUT2D eigenvalue weighted by Gasteiger charge is -2.34. The van der Waals surface area contributed by atoms with Crippen molar-refractivity contribution in [2.75, 3.05) is 13.1 Å². The summed E-state index contributed by atoms with van der Waals surface area (Å²) in [6, 6.07) is 0. The van der Waals surface area contributed by atoms with E-state index < -0.39 is 0 Å². The van der Waals surface area contributed by atoms with Gasteiger partial charge in [-0.05, 0) is 13.3 Å². The van der Waals surface area contributed by atoms with Crippen LogP contribution in [-0.2, 0) is 13.1 Å². The Morgan fingerprint density at radius 2 is 2.33 bits per heavy atom. The van der Waals surface area contributed by atoms with Crippen molar-refractivity contribution in [3.05, 3.63) is 18.2 Å². The largest absolute Gasteiger partial charge is 0.333 e. The number of nitrogens with two attached hydrogens (primary N) is 1. The maximum Gasteiger partial charge on any atom is 0.122 e. The lowest BCUT2D eigenvalue weighted by molar-refractivity contribution is 0.172. The zero-order valence-corrected chi connectivity index (χ0v) is 9.61. The second-order valence-corrected chi connectivity index (χ2v) is 4.76. The molecule has 4 nitrogen and oxygen atoms in total. The molecule has 0 aromatic carbocycles. The van der Waals surface area contributed by atoms with Crippen molar-refractivity contribution in [1.82, 2.24) is 14.5 Å². The molecule has 0 bridgehead atoms. The molecule has 0 saturated heterocycles. The molecule has 0 radical (unpaired) electrons. The molecule has 1 aromatic heterocycles. The van der Waals surface area contributed by atoms with Gasteiger partial charge in [0.15, 0.2) is 0 Å². The van der Waals surface area contributed by atoms with Crippen LogP contribution in [0.5, 0.6) is 0 Å². The second kappa shape index (κ2) is 3.94. The van der Waals surface area contributed by atoms with E-state index in [-0.39, 0.29) is 5.54 Å². The molecule has 0 amide bonds. The molecule has 1 unspecified atom stereocenters. The average Bonchev–Trinajstić information content (AvgIpc) is 2.64. The van der Waals surface area contributed by atoms with Gasteiger partial charge in [0, 0.05) is 37.6 Å². The predicted molar refractivity (Wildman–Crippen MR) is 60.4 cm³/mol. The molecule has 84 valence electrons. The van der Waals surface area contributed by atoms with Crippen molar-refractivity contribution in [2.24, 2.45) is 5.73 Å². The molecule has 0 aliphatic carbocycles. The van der Waals surface area contributed by atoms with E-state index in [4.69, 9.17) is 5.73 Å². The number of hydrogen-bond donors (Lipinski definition) is 1. The van der Waals surface area contributed by atoms with E-state index in [1.807, 2.05) is 12.4 Å². The second-order valence-electron chi connectivity index (χ2n) is 4.76. The van der Waals surface area contributed by atoms with Gasteiger partial charge in [-0.3, -0.25) is 4.90 Å². The smallest absolute Gasteiger partial charge is 0.122 e. The highest BCUT2D eigenvalue weighted by molar-refractivity contribution is 4.96. The van der Waals surface area contributed by atoms with Crippen LogP contribution in [0.3, 0.4) is 0 Å². The first-order valence-corrected chi connectivity index (χ1v) is 5.62. The third-order valence-electron chi connectivity index (χ3n) is 3.22. The van der Waals surface area contributed by atoms with Gasteiger partial charge in [0.25, 0.3) is 0 Å². The third-order valence-corrected chi connectivity index (χ3v) is 3.22. The summed E-state index contributed by atoms with van der Waals surface area (Å²) in [7, 11) is 0. The van der Waals surface area contributed by atoms with E-state index in [0.29, 0.717) is 0 Å². The van der Waals surface area contributed by atoms with Crippen LogP contribution in [0.15, 0.2) is 12.4 Å². The Morgan fingerprint density at radius 1 is 1.53 bits per heavy atom. The van der Waals surface area contributed by atoms with Crippen molar-refractivity contribution < 1.29 is 0 Å². The van der Waals surface area contributed by atoms with E-state index in [1.54, 1.807) is 0 Å². The molecule has 0 fully saturated rings. The van der Waals surface area contributed by atoms with E-state index in [1.165, 1.54) is 0 Å². The zero-order valence-electron chi connectivity index (χ0n) is 9.61. The molecule has 2 rings (SSSR count). The van der Waals surface area contributed by atoms with Crippen LogP contribution < -0.4 is 5.73 Å². The van der Waals surface area contributed by atoms with E-state index >= 15 is 0 Å². The lowest BCUT2D eigenvalue weighted by atomic mass is 9.99. The lowest BCUT2D eigenvalue weighted by Crippen LogP contribution is -2.49. The molecule has 1 atom stereocenters. The quantitative estimate of drug-likeness (QED) is 0.800. The van der Waals surface area contributed by atoms with E-state index in [9.17, 15) is 0 Å². The Labute approximate surface area is 91.1 Å². The van der Waals surface area contributed by atoms with Crippen molar-refractivity contribution in [3.8, 4) is 0 Å². The van der Waals surface area contributed by atoms with Gasteiger partial charge in [0.05, 0.1) is 6.54 Å². The molecule has 2 heterocycles. The summed E-state index contributed by atoms with van der Waals surface area (Å²) in [5, 5.41) is 0. The van der Waals surface area contributed by atoms with Crippen molar-refractivity contribution >= 4 is 0 Å². The minimum Gasteiger partial charge on any atom is -0.333 e. The monoisotopic (exact) mass is 208 g/mol. The van der Waals surface area contributed by atoms with Crippen LogP contribution >= 0.6 is 0 Å². The normalized spacial score (nSPS) is 21.0. The Bertz CT molecular complexity index is 329. The number of hydrogen-bond acceptors (Lipinski definition) is 3. The highest BCUT2D eigenvalue weighted by atomic mass is 15.2. The van der Waals surface area contributed by atoms with Crippen molar-refractivity contribution in [3.63, 3.8) is 0 Å². The van der Waals surface area contributed by atoms with Crippen LogP contribution in [0, 0.1) is 0 Å². The van der Waals surface area contributed by atoms with Crippen molar-refractivity contribution in [2.45, 2.75) is 38.9 Å². The molecule has 1 aromatic rings. The number of fused-ring (bicyclic) bond motifs is 1. The molecule has 4 heteroatoms. The van der Waals surface area contributed by atoms with Crippen LogP contribution in [-0.4, -0.2) is 33.1 Å². The molecule has 1 aliphatic heterocycles. The fourth-order valence-electron chi connectivity index (χ4n) is 1.98. The summed E-state index contributed by atoms with van der Waals surface area (Å²) in [6.07, 6.45) is 4.94. The Hall–Kier alpha value is -0.870. The first-order valence-electron chi connectivity index (χ1n) is 5.62. The highest BCUT2D eigenvalue weighted by Gasteiger charge is 2.23. The Balaban J connectivity index is 1.98. The summed E-state index contributed by atoms with van der Waals surface area (Å²) < 4.78 is 2.22. The maximum atomic E-state index is 6.17. The Morgan fingerprint density at radius 3 is 3.07 bits per heavy atom. The van der Waals surface area contributed by atoms with Gasteiger partial charge in [-0.15, -0.1) is 0 Å². The van der Waals surface area contributed by atoms with Gasteiger partial charge in [-0.1, -0.05) is 6.92 Å². The highest BCUT2D eigenvalue weighted by Crippen LogP contribution is 2.14. The van der Waals surface area contributed by atoms with Gasteiger partial charge < -0.3 is 10.3 Å². The fraction of sp³-hybridized carbons (Fsp3) is 0.727. The summed E-state index contributed by atoms with van der Waals surface area (Å²) in [5.74, 6) is 1.16. The summed E-state index contributed by atoms with van der Waals surface area (Å²) in [5.41, 5.74) is 6.10. The first-order chi connectivity index (χ1) is 7.11. The number of aromatic nitrogens is 2. The van der Waals surface area contributed by atoms with E-state index in [2.05, 4.69) is 28.3 Å². The fourth-order valence-corrected chi connectivity index (χ4v) is 1.98. The summed E-state index contributed by atoms with van der Waals surface area (Å²) >= 11 is 0. The van der Waals surface area contributed by atoms with Gasteiger partial charge in [-0.25, -0.2) is 4.98 Å². The third kappa shape index (κ3) is 2.38. The van der Waals surface area contributed by atoms with Gasteiger partial charge in [-0.2, -0.15) is 0 Å². The van der Waals surface area contributed by atoms with Crippen LogP contribution in [0.25, 0.3) is 0 Å². The predicted octanol–water partition coefficient (Wildman–Crippen LogP) is 0.826.